The fraction of sp³-hybridized carbons (Fsp3) is 0.476. The van der Waals surface area contributed by atoms with E-state index < -0.39 is 0 Å². The van der Waals surface area contributed by atoms with Crippen molar-refractivity contribution in [3.05, 3.63) is 64.9 Å². The molecule has 0 spiro atoms. The molecule has 1 unspecified atom stereocenters. The third-order valence-corrected chi connectivity index (χ3v) is 5.33. The second kappa shape index (κ2) is 8.79. The summed E-state index contributed by atoms with van der Waals surface area (Å²) in [5.41, 5.74) is 2.36. The Morgan fingerprint density at radius 2 is 1.84 bits per heavy atom. The molecule has 0 saturated carbocycles. The molecule has 0 aliphatic carbocycles. The van der Waals surface area contributed by atoms with E-state index >= 15 is 0 Å². The van der Waals surface area contributed by atoms with Crippen molar-refractivity contribution < 1.29 is 0 Å². The van der Waals surface area contributed by atoms with Gasteiger partial charge in [0, 0.05) is 23.8 Å². The van der Waals surface area contributed by atoms with E-state index in [9.17, 15) is 0 Å². The SMILES string of the molecule is CC(C)N(CC1CCNCC1)C(c1ccc(Cl)cc1)c1ccccn1. The summed E-state index contributed by atoms with van der Waals surface area (Å²) in [5.74, 6) is 0.738. The molecular formula is C21H28ClN3. The molecule has 1 saturated heterocycles. The predicted molar refractivity (Wildman–Crippen MR) is 105 cm³/mol. The third kappa shape index (κ3) is 4.81. The van der Waals surface area contributed by atoms with Crippen LogP contribution in [0.5, 0.6) is 0 Å². The van der Waals surface area contributed by atoms with Crippen molar-refractivity contribution in [1.82, 2.24) is 15.2 Å². The summed E-state index contributed by atoms with van der Waals surface area (Å²) in [5, 5.41) is 4.25. The lowest BCUT2D eigenvalue weighted by Crippen LogP contribution is -2.42. The van der Waals surface area contributed by atoms with Crippen molar-refractivity contribution in [2.45, 2.75) is 38.8 Å². The van der Waals surface area contributed by atoms with Gasteiger partial charge in [-0.25, -0.2) is 0 Å². The first kappa shape index (κ1) is 18.4. The van der Waals surface area contributed by atoms with Crippen molar-refractivity contribution in [2.75, 3.05) is 19.6 Å². The van der Waals surface area contributed by atoms with Crippen LogP contribution in [0.1, 0.15) is 44.0 Å². The van der Waals surface area contributed by atoms with Crippen molar-refractivity contribution in [3.8, 4) is 0 Å². The molecule has 1 aromatic heterocycles. The summed E-state index contributed by atoms with van der Waals surface area (Å²) < 4.78 is 0. The van der Waals surface area contributed by atoms with Gasteiger partial charge in [-0.2, -0.15) is 0 Å². The van der Waals surface area contributed by atoms with E-state index in [-0.39, 0.29) is 6.04 Å². The van der Waals surface area contributed by atoms with Crippen LogP contribution < -0.4 is 5.32 Å². The number of halogens is 1. The zero-order valence-electron chi connectivity index (χ0n) is 15.2. The minimum atomic E-state index is 0.161. The summed E-state index contributed by atoms with van der Waals surface area (Å²) in [6.45, 7) is 7.93. The number of piperidine rings is 1. The molecule has 4 heteroatoms. The van der Waals surface area contributed by atoms with E-state index in [1.807, 2.05) is 24.4 Å². The second-order valence-electron chi connectivity index (χ2n) is 7.19. The molecule has 0 radical (unpaired) electrons. The molecule has 3 rings (SSSR count). The molecule has 1 aliphatic heterocycles. The number of rotatable bonds is 6. The minimum absolute atomic E-state index is 0.161. The van der Waals surface area contributed by atoms with Crippen molar-refractivity contribution in [2.24, 2.45) is 5.92 Å². The van der Waals surface area contributed by atoms with Gasteiger partial charge >= 0.3 is 0 Å². The number of hydrogen-bond acceptors (Lipinski definition) is 3. The van der Waals surface area contributed by atoms with Crippen LogP contribution in [0.3, 0.4) is 0 Å². The van der Waals surface area contributed by atoms with Gasteiger partial charge in [0.15, 0.2) is 0 Å². The Morgan fingerprint density at radius 1 is 1.12 bits per heavy atom. The highest BCUT2D eigenvalue weighted by atomic mass is 35.5. The van der Waals surface area contributed by atoms with Gasteiger partial charge in [0.2, 0.25) is 0 Å². The molecule has 134 valence electrons. The van der Waals surface area contributed by atoms with E-state index in [1.54, 1.807) is 0 Å². The lowest BCUT2D eigenvalue weighted by molar-refractivity contribution is 0.133. The van der Waals surface area contributed by atoms with Gasteiger partial charge < -0.3 is 5.32 Å². The molecule has 3 nitrogen and oxygen atoms in total. The molecule has 1 aromatic carbocycles. The number of nitrogens with one attached hydrogen (secondary N) is 1. The van der Waals surface area contributed by atoms with Crippen LogP contribution in [-0.2, 0) is 0 Å². The summed E-state index contributed by atoms with van der Waals surface area (Å²) in [6, 6.07) is 15.0. The molecule has 1 aliphatic rings. The summed E-state index contributed by atoms with van der Waals surface area (Å²) >= 11 is 6.12. The lowest BCUT2D eigenvalue weighted by atomic mass is 9.93. The van der Waals surface area contributed by atoms with Gasteiger partial charge in [-0.15, -0.1) is 0 Å². The average Bonchev–Trinajstić information content (AvgIpc) is 2.64. The highest BCUT2D eigenvalue weighted by Gasteiger charge is 2.28. The maximum absolute atomic E-state index is 6.12. The second-order valence-corrected chi connectivity index (χ2v) is 7.63. The van der Waals surface area contributed by atoms with Crippen LogP contribution in [0, 0.1) is 5.92 Å². The van der Waals surface area contributed by atoms with Gasteiger partial charge in [-0.05, 0) is 75.5 Å². The predicted octanol–water partition coefficient (Wildman–Crippen LogP) is 4.53. The number of benzene rings is 1. The molecule has 1 atom stereocenters. The lowest BCUT2D eigenvalue weighted by Gasteiger charge is -2.38. The van der Waals surface area contributed by atoms with Crippen LogP contribution in [0.15, 0.2) is 48.7 Å². The zero-order chi connectivity index (χ0) is 17.6. The molecule has 1 N–H and O–H groups in total. The van der Waals surface area contributed by atoms with E-state index in [1.165, 1.54) is 18.4 Å². The Balaban J connectivity index is 1.93. The zero-order valence-corrected chi connectivity index (χ0v) is 15.9. The third-order valence-electron chi connectivity index (χ3n) is 5.08. The number of nitrogens with zero attached hydrogens (tertiary/aromatic N) is 2. The highest BCUT2D eigenvalue weighted by molar-refractivity contribution is 6.30. The first-order valence-electron chi connectivity index (χ1n) is 9.28. The first-order chi connectivity index (χ1) is 12.1. The van der Waals surface area contributed by atoms with Crippen LogP contribution >= 0.6 is 11.6 Å². The molecule has 25 heavy (non-hydrogen) atoms. The van der Waals surface area contributed by atoms with Crippen molar-refractivity contribution in [3.63, 3.8) is 0 Å². The van der Waals surface area contributed by atoms with Gasteiger partial charge in [-0.3, -0.25) is 9.88 Å². The summed E-state index contributed by atoms with van der Waals surface area (Å²) in [4.78, 5) is 7.29. The van der Waals surface area contributed by atoms with Gasteiger partial charge in [0.05, 0.1) is 11.7 Å². The Hall–Kier alpha value is -1.42. The maximum atomic E-state index is 6.12. The van der Waals surface area contributed by atoms with Crippen LogP contribution in [-0.4, -0.2) is 35.6 Å². The first-order valence-corrected chi connectivity index (χ1v) is 9.66. The number of pyridine rings is 1. The quantitative estimate of drug-likeness (QED) is 0.822. The topological polar surface area (TPSA) is 28.2 Å². The summed E-state index contributed by atoms with van der Waals surface area (Å²) in [6.07, 6.45) is 4.39. The highest BCUT2D eigenvalue weighted by Crippen LogP contribution is 2.31. The van der Waals surface area contributed by atoms with E-state index in [2.05, 4.69) is 53.3 Å². The van der Waals surface area contributed by atoms with Crippen molar-refractivity contribution in [1.29, 1.82) is 0 Å². The number of aromatic nitrogens is 1. The van der Waals surface area contributed by atoms with Crippen LogP contribution in [0.2, 0.25) is 5.02 Å². The van der Waals surface area contributed by atoms with Crippen LogP contribution in [0.25, 0.3) is 0 Å². The maximum Gasteiger partial charge on any atom is 0.0778 e. The molecule has 2 aromatic rings. The average molecular weight is 358 g/mol. The Bertz CT molecular complexity index is 636. The fourth-order valence-corrected chi connectivity index (χ4v) is 3.82. The monoisotopic (exact) mass is 357 g/mol. The fourth-order valence-electron chi connectivity index (χ4n) is 3.69. The van der Waals surface area contributed by atoms with E-state index in [0.29, 0.717) is 6.04 Å². The number of hydrogen-bond donors (Lipinski definition) is 1. The Kier molecular flexibility index (Phi) is 6.46. The van der Waals surface area contributed by atoms with Crippen molar-refractivity contribution >= 4 is 11.6 Å². The van der Waals surface area contributed by atoms with Gasteiger partial charge in [0.25, 0.3) is 0 Å². The van der Waals surface area contributed by atoms with Gasteiger partial charge in [0.1, 0.15) is 0 Å². The molecule has 1 fully saturated rings. The molecular weight excluding hydrogens is 330 g/mol. The van der Waals surface area contributed by atoms with E-state index in [0.717, 1.165) is 36.3 Å². The largest absolute Gasteiger partial charge is 0.317 e. The summed E-state index contributed by atoms with van der Waals surface area (Å²) in [7, 11) is 0. The molecule has 0 bridgehead atoms. The van der Waals surface area contributed by atoms with Gasteiger partial charge in [-0.1, -0.05) is 29.8 Å². The smallest absolute Gasteiger partial charge is 0.0778 e. The normalized spacial score (nSPS) is 17.2. The standard InChI is InChI=1S/C21H28ClN3/c1-16(2)25(15-17-10-13-23-14-11-17)21(20-5-3-4-12-24-20)18-6-8-19(22)9-7-18/h3-9,12,16-17,21,23H,10-11,13-15H2,1-2H3. The van der Waals surface area contributed by atoms with E-state index in [4.69, 9.17) is 11.6 Å². The Morgan fingerprint density at radius 3 is 2.44 bits per heavy atom. The van der Waals surface area contributed by atoms with Crippen LogP contribution in [0.4, 0.5) is 0 Å². The Labute approximate surface area is 156 Å². The minimum Gasteiger partial charge on any atom is -0.317 e. The molecule has 2 heterocycles. The molecule has 0 amide bonds.